The van der Waals surface area contributed by atoms with Gasteiger partial charge in [-0.05, 0) is 67.6 Å². The Morgan fingerprint density at radius 2 is 1.72 bits per heavy atom. The molecule has 2 N–H and O–H groups in total. The third-order valence-corrected chi connectivity index (χ3v) is 5.24. The van der Waals surface area contributed by atoms with Crippen molar-refractivity contribution in [2.75, 3.05) is 10.0 Å². The summed E-state index contributed by atoms with van der Waals surface area (Å²) >= 11 is 0. The molecule has 1 amide bonds. The molecule has 0 radical (unpaired) electrons. The Morgan fingerprint density at radius 1 is 1.03 bits per heavy atom. The van der Waals surface area contributed by atoms with Crippen molar-refractivity contribution >= 4 is 27.3 Å². The van der Waals surface area contributed by atoms with Crippen molar-refractivity contribution in [2.45, 2.75) is 17.9 Å². The minimum Gasteiger partial charge on any atom is -0.481 e. The molecule has 0 aliphatic heterocycles. The Morgan fingerprint density at radius 3 is 2.34 bits per heavy atom. The summed E-state index contributed by atoms with van der Waals surface area (Å²) in [7, 11) is -3.78. The number of benzene rings is 2. The van der Waals surface area contributed by atoms with Crippen molar-refractivity contribution < 1.29 is 22.3 Å². The summed E-state index contributed by atoms with van der Waals surface area (Å²) in [4.78, 5) is 16.2. The number of amides is 1. The van der Waals surface area contributed by atoms with Crippen LogP contribution in [0.1, 0.15) is 6.92 Å². The first kappa shape index (κ1) is 20.3. The highest BCUT2D eigenvalue weighted by Crippen LogP contribution is 2.18. The minimum atomic E-state index is -3.78. The monoisotopic (exact) mass is 415 g/mol. The summed E-state index contributed by atoms with van der Waals surface area (Å²) in [5.41, 5.74) is 0.751. The lowest BCUT2D eigenvalue weighted by molar-refractivity contribution is -0.122. The summed E-state index contributed by atoms with van der Waals surface area (Å²) < 4.78 is 45.6. The molecule has 0 aliphatic carbocycles. The van der Waals surface area contributed by atoms with Crippen molar-refractivity contribution in [3.8, 4) is 5.75 Å². The molecular formula is C20H18FN3O4S. The van der Waals surface area contributed by atoms with Gasteiger partial charge in [-0.1, -0.05) is 0 Å². The molecule has 0 spiro atoms. The third kappa shape index (κ3) is 5.52. The number of halogens is 1. The van der Waals surface area contributed by atoms with E-state index >= 15 is 0 Å². The highest BCUT2D eigenvalue weighted by molar-refractivity contribution is 7.92. The first-order chi connectivity index (χ1) is 13.8. The highest BCUT2D eigenvalue weighted by atomic mass is 32.2. The lowest BCUT2D eigenvalue weighted by atomic mass is 10.3. The third-order valence-electron chi connectivity index (χ3n) is 3.84. The number of carbonyl (C=O) groups excluding carboxylic acids is 1. The van der Waals surface area contributed by atoms with E-state index in [-0.39, 0.29) is 4.90 Å². The smallest absolute Gasteiger partial charge is 0.265 e. The van der Waals surface area contributed by atoms with Gasteiger partial charge in [0.1, 0.15) is 11.6 Å². The number of nitrogens with zero attached hydrogens (tertiary/aromatic N) is 1. The van der Waals surface area contributed by atoms with Crippen molar-refractivity contribution in [1.82, 2.24) is 4.98 Å². The molecule has 3 rings (SSSR count). The molecule has 2 aromatic carbocycles. The first-order valence-electron chi connectivity index (χ1n) is 8.59. The first-order valence-corrected chi connectivity index (χ1v) is 10.1. The molecule has 1 aromatic heterocycles. The normalized spacial score (nSPS) is 12.1. The van der Waals surface area contributed by atoms with Gasteiger partial charge in [-0.3, -0.25) is 14.5 Å². The number of nitrogens with one attached hydrogen (secondary N) is 2. The van der Waals surface area contributed by atoms with Gasteiger partial charge in [0.2, 0.25) is 0 Å². The van der Waals surface area contributed by atoms with Gasteiger partial charge < -0.3 is 10.1 Å². The number of hydrogen-bond acceptors (Lipinski definition) is 5. The lowest BCUT2D eigenvalue weighted by Crippen LogP contribution is -2.30. The van der Waals surface area contributed by atoms with Gasteiger partial charge in [0, 0.05) is 11.9 Å². The number of ether oxygens (including phenoxy) is 1. The average molecular weight is 415 g/mol. The largest absolute Gasteiger partial charge is 0.481 e. The SMILES string of the molecule is C[C@H](Oc1ccc(F)cc1)C(=O)Nc1ccc(S(=O)(=O)Nc2cccnc2)cc1. The highest BCUT2D eigenvalue weighted by Gasteiger charge is 2.17. The Kier molecular flexibility index (Phi) is 6.08. The van der Waals surface area contributed by atoms with Crippen LogP contribution in [0.5, 0.6) is 5.75 Å². The molecule has 1 heterocycles. The number of pyridine rings is 1. The average Bonchev–Trinajstić information content (AvgIpc) is 2.70. The molecule has 0 aliphatic rings. The lowest BCUT2D eigenvalue weighted by Gasteiger charge is -2.15. The van der Waals surface area contributed by atoms with Crippen LogP contribution in [0.4, 0.5) is 15.8 Å². The second-order valence-corrected chi connectivity index (χ2v) is 7.76. The van der Waals surface area contributed by atoms with Crippen LogP contribution in [0.2, 0.25) is 0 Å². The van der Waals surface area contributed by atoms with E-state index in [4.69, 9.17) is 4.74 Å². The van der Waals surface area contributed by atoms with E-state index in [1.165, 1.54) is 60.9 Å². The van der Waals surface area contributed by atoms with E-state index in [0.29, 0.717) is 17.1 Å². The van der Waals surface area contributed by atoms with Crippen LogP contribution in [0, 0.1) is 5.82 Å². The molecule has 0 unspecified atom stereocenters. The maximum Gasteiger partial charge on any atom is 0.265 e. The van der Waals surface area contributed by atoms with Gasteiger partial charge in [0.25, 0.3) is 15.9 Å². The van der Waals surface area contributed by atoms with Crippen LogP contribution in [0.15, 0.2) is 78.0 Å². The number of rotatable bonds is 7. The predicted molar refractivity (Wildman–Crippen MR) is 107 cm³/mol. The van der Waals surface area contributed by atoms with Crippen molar-refractivity contribution in [3.05, 3.63) is 78.9 Å². The van der Waals surface area contributed by atoms with Gasteiger partial charge in [0.05, 0.1) is 16.8 Å². The Labute approximate surface area is 167 Å². The van der Waals surface area contributed by atoms with Gasteiger partial charge >= 0.3 is 0 Å². The predicted octanol–water partition coefficient (Wildman–Crippen LogP) is 3.43. The van der Waals surface area contributed by atoms with Crippen molar-refractivity contribution in [1.29, 1.82) is 0 Å². The standard InChI is InChI=1S/C20H18FN3O4S/c1-14(28-18-8-4-15(21)5-9-18)20(25)23-16-6-10-19(11-7-16)29(26,27)24-17-3-2-12-22-13-17/h2-14,24H,1H3,(H,23,25)/t14-/m0/s1. The Hall–Kier alpha value is -3.46. The van der Waals surface area contributed by atoms with Crippen LogP contribution in [0.25, 0.3) is 0 Å². The van der Waals surface area contributed by atoms with Gasteiger partial charge in [-0.25, -0.2) is 12.8 Å². The zero-order valence-electron chi connectivity index (χ0n) is 15.4. The fourth-order valence-corrected chi connectivity index (χ4v) is 3.41. The number of carbonyl (C=O) groups is 1. The van der Waals surface area contributed by atoms with E-state index < -0.39 is 27.9 Å². The summed E-state index contributed by atoms with van der Waals surface area (Å²) in [6.45, 7) is 1.55. The van der Waals surface area contributed by atoms with Crippen LogP contribution in [-0.4, -0.2) is 25.4 Å². The fraction of sp³-hybridized carbons (Fsp3) is 0.100. The number of aromatic nitrogens is 1. The maximum atomic E-state index is 12.9. The molecule has 9 heteroatoms. The fourth-order valence-electron chi connectivity index (χ4n) is 2.37. The second kappa shape index (κ2) is 8.70. The molecule has 29 heavy (non-hydrogen) atoms. The summed E-state index contributed by atoms with van der Waals surface area (Å²) in [6, 6.07) is 14.2. The zero-order valence-corrected chi connectivity index (χ0v) is 16.2. The maximum absolute atomic E-state index is 12.9. The topological polar surface area (TPSA) is 97.4 Å². The molecule has 1 atom stereocenters. The summed E-state index contributed by atoms with van der Waals surface area (Å²) in [6.07, 6.45) is 2.10. The van der Waals surface area contributed by atoms with Crippen LogP contribution >= 0.6 is 0 Å². The summed E-state index contributed by atoms with van der Waals surface area (Å²) in [5.74, 6) is -0.474. The molecular weight excluding hydrogens is 397 g/mol. The Bertz CT molecular complexity index is 1070. The number of sulfonamides is 1. The quantitative estimate of drug-likeness (QED) is 0.616. The second-order valence-electron chi connectivity index (χ2n) is 6.07. The van der Waals surface area contributed by atoms with Crippen LogP contribution in [-0.2, 0) is 14.8 Å². The van der Waals surface area contributed by atoms with Gasteiger partial charge in [-0.15, -0.1) is 0 Å². The Balaban J connectivity index is 1.62. The van der Waals surface area contributed by atoms with Gasteiger partial charge in [-0.2, -0.15) is 0 Å². The van der Waals surface area contributed by atoms with E-state index in [1.807, 2.05) is 0 Å². The van der Waals surface area contributed by atoms with Crippen molar-refractivity contribution in [2.24, 2.45) is 0 Å². The minimum absolute atomic E-state index is 0.0370. The van der Waals surface area contributed by atoms with Gasteiger partial charge in [0.15, 0.2) is 6.10 Å². The summed E-state index contributed by atoms with van der Waals surface area (Å²) in [5, 5.41) is 2.64. The molecule has 3 aromatic rings. The van der Waals surface area contributed by atoms with E-state index in [1.54, 1.807) is 19.1 Å². The molecule has 7 nitrogen and oxygen atoms in total. The van der Waals surface area contributed by atoms with E-state index in [0.717, 1.165) is 0 Å². The molecule has 0 bridgehead atoms. The molecule has 0 saturated heterocycles. The zero-order chi connectivity index (χ0) is 20.9. The van der Waals surface area contributed by atoms with E-state index in [2.05, 4.69) is 15.0 Å². The van der Waals surface area contributed by atoms with Crippen LogP contribution in [0.3, 0.4) is 0 Å². The molecule has 150 valence electrons. The molecule has 0 saturated carbocycles. The van der Waals surface area contributed by atoms with E-state index in [9.17, 15) is 17.6 Å². The number of hydrogen-bond donors (Lipinski definition) is 2. The van der Waals surface area contributed by atoms with Crippen molar-refractivity contribution in [3.63, 3.8) is 0 Å². The molecule has 0 fully saturated rings. The van der Waals surface area contributed by atoms with Crippen LogP contribution < -0.4 is 14.8 Å². The number of anilines is 2.